The Hall–Kier alpha value is -3.13. The fourth-order valence-electron chi connectivity index (χ4n) is 2.99. The second-order valence-corrected chi connectivity index (χ2v) is 6.26. The van der Waals surface area contributed by atoms with Gasteiger partial charge in [-0.25, -0.2) is 0 Å². The molecule has 2 aromatic rings. The minimum absolute atomic E-state index is 0.0429. The maximum absolute atomic E-state index is 12.7. The molecule has 0 atom stereocenters. The molecule has 0 saturated carbocycles. The molecule has 126 valence electrons. The summed E-state index contributed by atoms with van der Waals surface area (Å²) >= 11 is 0. The van der Waals surface area contributed by atoms with E-state index in [9.17, 15) is 9.59 Å². The largest absolute Gasteiger partial charge is 0.342 e. The van der Waals surface area contributed by atoms with Crippen molar-refractivity contribution in [2.45, 2.75) is 6.92 Å². The normalized spacial score (nSPS) is 14.4. The Morgan fingerprint density at radius 3 is 2.64 bits per heavy atom. The van der Waals surface area contributed by atoms with Crippen LogP contribution in [-0.4, -0.2) is 48.3 Å². The van der Waals surface area contributed by atoms with Gasteiger partial charge in [-0.1, -0.05) is 18.2 Å². The van der Waals surface area contributed by atoms with E-state index >= 15 is 0 Å². The van der Waals surface area contributed by atoms with Gasteiger partial charge < -0.3 is 9.80 Å². The van der Waals surface area contributed by atoms with Gasteiger partial charge in [0.1, 0.15) is 6.54 Å². The smallest absolute Gasteiger partial charge is 0.254 e. The first-order chi connectivity index (χ1) is 12.0. The number of nitrogens with zero attached hydrogens (tertiary/aromatic N) is 3. The third kappa shape index (κ3) is 3.38. The molecular weight excluding hydrogens is 314 g/mol. The van der Waals surface area contributed by atoms with Gasteiger partial charge in [-0.05, 0) is 47.9 Å². The molecule has 1 aliphatic heterocycles. The van der Waals surface area contributed by atoms with E-state index in [1.165, 1.54) is 0 Å². The van der Waals surface area contributed by atoms with Crippen LogP contribution in [-0.2, 0) is 4.79 Å². The zero-order valence-electron chi connectivity index (χ0n) is 14.3. The van der Waals surface area contributed by atoms with Crippen molar-refractivity contribution in [2.24, 2.45) is 0 Å². The zero-order chi connectivity index (χ0) is 18.0. The van der Waals surface area contributed by atoms with Crippen molar-refractivity contribution >= 4 is 11.8 Å². The summed E-state index contributed by atoms with van der Waals surface area (Å²) in [5.74, 6) is -0.173. The molecule has 0 aromatic heterocycles. The highest BCUT2D eigenvalue weighted by Gasteiger charge is 2.25. The Labute approximate surface area is 147 Å². The standard InChI is InChI=1S/C20H19N3O2/c1-14-10-15(12-21)6-7-18(14)16-4-3-5-17(11-16)20(25)23-9-8-22(2)19(24)13-23/h3-7,10-11H,8-9,13H2,1-2H3. The zero-order valence-corrected chi connectivity index (χ0v) is 14.3. The highest BCUT2D eigenvalue weighted by Crippen LogP contribution is 2.25. The highest BCUT2D eigenvalue weighted by atomic mass is 16.2. The van der Waals surface area contributed by atoms with Gasteiger partial charge in [0.15, 0.2) is 0 Å². The molecule has 1 heterocycles. The minimum atomic E-state index is -0.130. The van der Waals surface area contributed by atoms with E-state index in [4.69, 9.17) is 5.26 Å². The molecule has 0 radical (unpaired) electrons. The molecule has 25 heavy (non-hydrogen) atoms. The van der Waals surface area contributed by atoms with Gasteiger partial charge in [-0.15, -0.1) is 0 Å². The van der Waals surface area contributed by atoms with Crippen molar-refractivity contribution in [2.75, 3.05) is 26.7 Å². The van der Waals surface area contributed by atoms with Crippen LogP contribution in [0.1, 0.15) is 21.5 Å². The van der Waals surface area contributed by atoms with Crippen LogP contribution in [0.2, 0.25) is 0 Å². The molecule has 5 heteroatoms. The van der Waals surface area contributed by atoms with Crippen molar-refractivity contribution in [3.8, 4) is 17.2 Å². The number of carbonyl (C=O) groups excluding carboxylic acids is 2. The molecule has 0 N–H and O–H groups in total. The molecule has 0 unspecified atom stereocenters. The van der Waals surface area contributed by atoms with E-state index in [1.54, 1.807) is 29.0 Å². The second-order valence-electron chi connectivity index (χ2n) is 6.26. The van der Waals surface area contributed by atoms with Crippen LogP contribution in [0.25, 0.3) is 11.1 Å². The van der Waals surface area contributed by atoms with E-state index in [0.29, 0.717) is 24.2 Å². The molecule has 0 bridgehead atoms. The summed E-state index contributed by atoms with van der Waals surface area (Å²) < 4.78 is 0. The van der Waals surface area contributed by atoms with Gasteiger partial charge in [0, 0.05) is 25.7 Å². The second kappa shape index (κ2) is 6.78. The summed E-state index contributed by atoms with van der Waals surface area (Å²) in [6.45, 7) is 3.17. The first-order valence-corrected chi connectivity index (χ1v) is 8.14. The molecule has 0 spiro atoms. The predicted molar refractivity (Wildman–Crippen MR) is 94.9 cm³/mol. The van der Waals surface area contributed by atoms with E-state index in [2.05, 4.69) is 6.07 Å². The lowest BCUT2D eigenvalue weighted by atomic mass is 9.97. The van der Waals surface area contributed by atoms with Crippen LogP contribution < -0.4 is 0 Å². The number of hydrogen-bond acceptors (Lipinski definition) is 3. The molecule has 3 rings (SSSR count). The Bertz CT molecular complexity index is 883. The molecule has 1 saturated heterocycles. The van der Waals surface area contributed by atoms with Crippen LogP contribution in [0.4, 0.5) is 0 Å². The van der Waals surface area contributed by atoms with E-state index < -0.39 is 0 Å². The van der Waals surface area contributed by atoms with E-state index in [0.717, 1.165) is 16.7 Å². The topological polar surface area (TPSA) is 64.4 Å². The van der Waals surface area contributed by atoms with E-state index in [-0.39, 0.29) is 18.4 Å². The molecule has 1 fully saturated rings. The number of hydrogen-bond donors (Lipinski definition) is 0. The average molecular weight is 333 g/mol. The van der Waals surface area contributed by atoms with Crippen LogP contribution in [0.5, 0.6) is 0 Å². The third-order valence-corrected chi connectivity index (χ3v) is 4.52. The number of piperazine rings is 1. The van der Waals surface area contributed by atoms with E-state index in [1.807, 2.05) is 37.3 Å². The summed E-state index contributed by atoms with van der Waals surface area (Å²) in [4.78, 5) is 27.8. The lowest BCUT2D eigenvalue weighted by Crippen LogP contribution is -2.50. The van der Waals surface area contributed by atoms with Gasteiger partial charge in [-0.2, -0.15) is 5.26 Å². The summed E-state index contributed by atoms with van der Waals surface area (Å²) in [7, 11) is 1.75. The van der Waals surface area contributed by atoms with Gasteiger partial charge in [0.25, 0.3) is 5.91 Å². The number of rotatable bonds is 2. The van der Waals surface area contributed by atoms with Gasteiger partial charge in [0.05, 0.1) is 11.6 Å². The van der Waals surface area contributed by atoms with Gasteiger partial charge in [-0.3, -0.25) is 9.59 Å². The molecular formula is C20H19N3O2. The number of amides is 2. The summed E-state index contributed by atoms with van der Waals surface area (Å²) in [6, 6.07) is 15.0. The Kier molecular flexibility index (Phi) is 4.53. The first-order valence-electron chi connectivity index (χ1n) is 8.14. The number of likely N-dealkylation sites (N-methyl/N-ethyl adjacent to an activating group) is 1. The van der Waals surface area contributed by atoms with Crippen molar-refractivity contribution in [3.63, 3.8) is 0 Å². The number of carbonyl (C=O) groups is 2. The maximum Gasteiger partial charge on any atom is 0.254 e. The van der Waals surface area contributed by atoms with Gasteiger partial charge in [0.2, 0.25) is 5.91 Å². The SMILES string of the molecule is Cc1cc(C#N)ccc1-c1cccc(C(=O)N2CCN(C)C(=O)C2)c1. The summed E-state index contributed by atoms with van der Waals surface area (Å²) in [5, 5.41) is 8.99. The monoisotopic (exact) mass is 333 g/mol. The van der Waals surface area contributed by atoms with Crippen molar-refractivity contribution in [3.05, 3.63) is 59.2 Å². The van der Waals surface area contributed by atoms with Crippen molar-refractivity contribution < 1.29 is 9.59 Å². The minimum Gasteiger partial charge on any atom is -0.342 e. The predicted octanol–water partition coefficient (Wildman–Crippen LogP) is 2.45. The molecule has 5 nitrogen and oxygen atoms in total. The number of nitriles is 1. The summed E-state index contributed by atoms with van der Waals surface area (Å²) in [5.41, 5.74) is 4.08. The number of aryl methyl sites for hydroxylation is 1. The Balaban J connectivity index is 1.88. The molecule has 0 aliphatic carbocycles. The van der Waals surface area contributed by atoms with Gasteiger partial charge >= 0.3 is 0 Å². The quantitative estimate of drug-likeness (QED) is 0.848. The maximum atomic E-state index is 12.7. The lowest BCUT2D eigenvalue weighted by Gasteiger charge is -2.32. The fraction of sp³-hybridized carbons (Fsp3) is 0.250. The Morgan fingerprint density at radius 2 is 1.96 bits per heavy atom. The van der Waals surface area contributed by atoms with Crippen molar-refractivity contribution in [1.29, 1.82) is 5.26 Å². The third-order valence-electron chi connectivity index (χ3n) is 4.52. The summed E-state index contributed by atoms with van der Waals surface area (Å²) in [6.07, 6.45) is 0. The first kappa shape index (κ1) is 16.7. The highest BCUT2D eigenvalue weighted by molar-refractivity contribution is 5.98. The number of benzene rings is 2. The van der Waals surface area contributed by atoms with Crippen LogP contribution in [0.15, 0.2) is 42.5 Å². The van der Waals surface area contributed by atoms with Crippen LogP contribution in [0, 0.1) is 18.3 Å². The molecule has 2 amide bonds. The lowest BCUT2D eigenvalue weighted by molar-refractivity contribution is -0.133. The van der Waals surface area contributed by atoms with Crippen LogP contribution >= 0.6 is 0 Å². The average Bonchev–Trinajstić information content (AvgIpc) is 2.63. The Morgan fingerprint density at radius 1 is 1.16 bits per heavy atom. The van der Waals surface area contributed by atoms with Crippen LogP contribution in [0.3, 0.4) is 0 Å². The fourth-order valence-corrected chi connectivity index (χ4v) is 2.99. The van der Waals surface area contributed by atoms with Crippen molar-refractivity contribution in [1.82, 2.24) is 9.80 Å². The molecule has 1 aliphatic rings. The molecule has 2 aromatic carbocycles.